The van der Waals surface area contributed by atoms with Gasteiger partial charge in [0.15, 0.2) is 17.4 Å². The van der Waals surface area contributed by atoms with E-state index in [1.54, 1.807) is 0 Å². The number of halogens is 5. The van der Waals surface area contributed by atoms with Gasteiger partial charge in [-0.1, -0.05) is 11.6 Å². The Balaban J connectivity index is 2.38. The second-order valence-electron chi connectivity index (χ2n) is 4.23. The minimum atomic E-state index is -0.888. The summed E-state index contributed by atoms with van der Waals surface area (Å²) in [7, 11) is 0. The predicted molar refractivity (Wildman–Crippen MR) is 78.3 cm³/mol. The van der Waals surface area contributed by atoms with Crippen LogP contribution in [0.25, 0.3) is 0 Å². The maximum absolute atomic E-state index is 13.9. The van der Waals surface area contributed by atoms with Gasteiger partial charge in [-0.15, -0.1) is 0 Å². The van der Waals surface area contributed by atoms with Crippen LogP contribution in [-0.2, 0) is 6.42 Å². The lowest BCUT2D eigenvalue weighted by molar-refractivity contribution is 0.402. The molecule has 0 aliphatic heterocycles. The lowest BCUT2D eigenvalue weighted by atomic mass is 10.1. The molecule has 0 saturated carbocycles. The van der Waals surface area contributed by atoms with Crippen LogP contribution in [0.5, 0.6) is 11.5 Å². The molecule has 0 aliphatic rings. The zero-order valence-corrected chi connectivity index (χ0v) is 12.9. The minimum Gasteiger partial charge on any atom is -0.450 e. The molecular weight excluding hydrogens is 371 g/mol. The Hall–Kier alpha value is -1.24. The van der Waals surface area contributed by atoms with Crippen LogP contribution in [0.15, 0.2) is 28.7 Å². The highest BCUT2D eigenvalue weighted by molar-refractivity contribution is 9.10. The minimum absolute atomic E-state index is 0.0822. The number of hydrogen-bond acceptors (Lipinski definition) is 2. The van der Waals surface area contributed by atoms with Crippen molar-refractivity contribution in [3.63, 3.8) is 0 Å². The molecule has 2 rings (SSSR count). The molecule has 0 spiro atoms. The van der Waals surface area contributed by atoms with Crippen molar-refractivity contribution >= 4 is 27.5 Å². The van der Waals surface area contributed by atoms with Gasteiger partial charge in [-0.3, -0.25) is 0 Å². The molecule has 0 aromatic heterocycles. The van der Waals surface area contributed by atoms with E-state index in [0.717, 1.165) is 18.2 Å². The Kier molecular flexibility index (Phi) is 5.13. The van der Waals surface area contributed by atoms with E-state index in [1.165, 1.54) is 6.07 Å². The largest absolute Gasteiger partial charge is 0.450 e. The van der Waals surface area contributed by atoms with Crippen molar-refractivity contribution in [1.29, 1.82) is 0 Å². The number of rotatable bonds is 4. The molecule has 0 saturated heterocycles. The maximum atomic E-state index is 13.9. The molecule has 2 nitrogen and oxygen atoms in total. The van der Waals surface area contributed by atoms with Gasteiger partial charge in [-0.25, -0.2) is 13.2 Å². The molecule has 0 heterocycles. The van der Waals surface area contributed by atoms with Crippen molar-refractivity contribution in [1.82, 2.24) is 0 Å². The smallest absolute Gasteiger partial charge is 0.198 e. The summed E-state index contributed by atoms with van der Waals surface area (Å²) in [5.41, 5.74) is 5.75. The molecule has 112 valence electrons. The van der Waals surface area contributed by atoms with Crippen LogP contribution < -0.4 is 10.5 Å². The van der Waals surface area contributed by atoms with Crippen molar-refractivity contribution in [3.8, 4) is 11.5 Å². The van der Waals surface area contributed by atoms with E-state index in [1.807, 2.05) is 0 Å². The van der Waals surface area contributed by atoms with E-state index >= 15 is 0 Å². The van der Waals surface area contributed by atoms with Crippen LogP contribution in [-0.4, -0.2) is 6.54 Å². The zero-order valence-electron chi connectivity index (χ0n) is 10.6. The average Bonchev–Trinajstić information content (AvgIpc) is 2.40. The number of nitrogens with two attached hydrogens (primary N) is 1. The highest BCUT2D eigenvalue weighted by Gasteiger charge is 2.16. The molecule has 0 amide bonds. The monoisotopic (exact) mass is 379 g/mol. The summed E-state index contributed by atoms with van der Waals surface area (Å²) in [6, 6.07) is 4.45. The zero-order chi connectivity index (χ0) is 15.6. The summed E-state index contributed by atoms with van der Waals surface area (Å²) in [5, 5.41) is -0.131. The summed E-state index contributed by atoms with van der Waals surface area (Å²) in [6.45, 7) is 0.271. The molecule has 0 bridgehead atoms. The van der Waals surface area contributed by atoms with E-state index in [4.69, 9.17) is 22.1 Å². The van der Waals surface area contributed by atoms with Crippen molar-refractivity contribution < 1.29 is 17.9 Å². The second kappa shape index (κ2) is 6.68. The highest BCUT2D eigenvalue weighted by Crippen LogP contribution is 2.36. The predicted octanol–water partition coefficient (Wildman–Crippen LogP) is 4.81. The number of ether oxygens (including phenoxy) is 1. The third-order valence-electron chi connectivity index (χ3n) is 2.68. The van der Waals surface area contributed by atoms with E-state index in [-0.39, 0.29) is 21.8 Å². The van der Waals surface area contributed by atoms with Gasteiger partial charge in [0.2, 0.25) is 0 Å². The molecular formula is C14H10BrClF3NO. The Morgan fingerprint density at radius 1 is 1.05 bits per heavy atom. The third kappa shape index (κ3) is 3.70. The molecule has 0 radical (unpaired) electrons. The van der Waals surface area contributed by atoms with Crippen LogP contribution in [0.4, 0.5) is 13.2 Å². The lowest BCUT2D eigenvalue weighted by Crippen LogP contribution is -2.04. The Morgan fingerprint density at radius 2 is 1.67 bits per heavy atom. The second-order valence-corrected chi connectivity index (χ2v) is 5.49. The van der Waals surface area contributed by atoms with Gasteiger partial charge >= 0.3 is 0 Å². The lowest BCUT2D eigenvalue weighted by Gasteiger charge is -2.11. The SMILES string of the molecule is NCCc1cc(F)c(Oc2cc(F)c(Cl)cc2Br)c(F)c1. The Morgan fingerprint density at radius 3 is 2.24 bits per heavy atom. The first-order chi connectivity index (χ1) is 9.92. The molecule has 7 heteroatoms. The maximum Gasteiger partial charge on any atom is 0.198 e. The van der Waals surface area contributed by atoms with Crippen molar-refractivity contribution in [2.45, 2.75) is 6.42 Å². The van der Waals surface area contributed by atoms with Gasteiger partial charge in [0.1, 0.15) is 11.6 Å². The van der Waals surface area contributed by atoms with Gasteiger partial charge in [0.05, 0.1) is 9.50 Å². The molecule has 2 N–H and O–H groups in total. The summed E-state index contributed by atoms with van der Waals surface area (Å²) >= 11 is 8.68. The van der Waals surface area contributed by atoms with Crippen molar-refractivity contribution in [3.05, 3.63) is 56.8 Å². The number of benzene rings is 2. The van der Waals surface area contributed by atoms with Crippen LogP contribution in [0.1, 0.15) is 5.56 Å². The van der Waals surface area contributed by atoms with Crippen LogP contribution >= 0.6 is 27.5 Å². The van der Waals surface area contributed by atoms with E-state index < -0.39 is 23.2 Å². The fourth-order valence-electron chi connectivity index (χ4n) is 1.71. The van der Waals surface area contributed by atoms with E-state index in [0.29, 0.717) is 12.0 Å². The van der Waals surface area contributed by atoms with Gasteiger partial charge in [-0.2, -0.15) is 0 Å². The fourth-order valence-corrected chi connectivity index (χ4v) is 2.43. The summed E-state index contributed by atoms with van der Waals surface area (Å²) in [5.74, 6) is -3.23. The molecule has 0 atom stereocenters. The Labute approximate surface area is 132 Å². The molecule has 0 fully saturated rings. The van der Waals surface area contributed by atoms with Crippen molar-refractivity contribution in [2.24, 2.45) is 5.73 Å². The first-order valence-electron chi connectivity index (χ1n) is 5.92. The van der Waals surface area contributed by atoms with Crippen LogP contribution in [0, 0.1) is 17.5 Å². The van der Waals surface area contributed by atoms with E-state index in [9.17, 15) is 13.2 Å². The Bertz CT molecular complexity index is 659. The van der Waals surface area contributed by atoms with Crippen LogP contribution in [0.3, 0.4) is 0 Å². The molecule has 2 aromatic rings. The first-order valence-corrected chi connectivity index (χ1v) is 7.10. The van der Waals surface area contributed by atoms with Gasteiger partial charge in [0.25, 0.3) is 0 Å². The topological polar surface area (TPSA) is 35.2 Å². The van der Waals surface area contributed by atoms with Gasteiger partial charge in [-0.05, 0) is 52.7 Å². The number of hydrogen-bond donors (Lipinski definition) is 1. The first kappa shape index (κ1) is 16.1. The molecule has 0 aliphatic carbocycles. The highest BCUT2D eigenvalue weighted by atomic mass is 79.9. The van der Waals surface area contributed by atoms with Crippen molar-refractivity contribution in [2.75, 3.05) is 6.54 Å². The van der Waals surface area contributed by atoms with Gasteiger partial charge < -0.3 is 10.5 Å². The third-order valence-corrected chi connectivity index (χ3v) is 3.59. The summed E-state index contributed by atoms with van der Waals surface area (Å²) in [6.07, 6.45) is 0.341. The standard InChI is InChI=1S/C14H10BrClF3NO/c15-8-5-9(16)10(17)6-13(8)21-14-11(18)3-7(1-2-20)4-12(14)19/h3-6H,1-2,20H2. The normalized spacial score (nSPS) is 10.8. The summed E-state index contributed by atoms with van der Waals surface area (Å²) in [4.78, 5) is 0. The van der Waals surface area contributed by atoms with Gasteiger partial charge in [0, 0.05) is 6.07 Å². The quantitative estimate of drug-likeness (QED) is 0.772. The van der Waals surface area contributed by atoms with E-state index in [2.05, 4.69) is 15.9 Å². The van der Waals surface area contributed by atoms with Crippen LogP contribution in [0.2, 0.25) is 5.02 Å². The summed E-state index contributed by atoms with van der Waals surface area (Å²) < 4.78 is 46.6. The fraction of sp³-hybridized carbons (Fsp3) is 0.143. The molecule has 0 unspecified atom stereocenters. The average molecular weight is 381 g/mol. The molecule has 21 heavy (non-hydrogen) atoms. The molecule has 2 aromatic carbocycles.